The van der Waals surface area contributed by atoms with Gasteiger partial charge in [-0.1, -0.05) is 60.7 Å². The van der Waals surface area contributed by atoms with Gasteiger partial charge in [0.15, 0.2) is 0 Å². The summed E-state index contributed by atoms with van der Waals surface area (Å²) in [4.78, 5) is 0. The second-order valence-electron chi connectivity index (χ2n) is 5.28. The number of allylic oxidation sites excluding steroid dienone is 2. The maximum absolute atomic E-state index is 12.1. The molecule has 120 valence electrons. The molecule has 0 saturated heterocycles. The average Bonchev–Trinajstić information content (AvgIpc) is 2.50. The highest BCUT2D eigenvalue weighted by molar-refractivity contribution is 7.86. The van der Waals surface area contributed by atoms with Gasteiger partial charge in [-0.25, -0.2) is 0 Å². The van der Waals surface area contributed by atoms with Gasteiger partial charge in [0.25, 0.3) is 10.1 Å². The Balaban J connectivity index is 2.70. The average molecular weight is 328 g/mol. The molecule has 0 fully saturated rings. The Hall–Kier alpha value is -2.17. The van der Waals surface area contributed by atoms with E-state index in [1.807, 2.05) is 24.3 Å². The molecule has 0 aliphatic rings. The summed E-state index contributed by atoms with van der Waals surface area (Å²) in [5, 5.41) is -1.12. The highest BCUT2D eigenvalue weighted by Crippen LogP contribution is 2.34. The van der Waals surface area contributed by atoms with Gasteiger partial charge in [-0.15, -0.1) is 13.2 Å². The van der Waals surface area contributed by atoms with Crippen molar-refractivity contribution in [2.45, 2.75) is 18.1 Å². The summed E-state index contributed by atoms with van der Waals surface area (Å²) in [5.41, 5.74) is 2.81. The topological polar surface area (TPSA) is 54.4 Å². The van der Waals surface area contributed by atoms with E-state index in [1.165, 1.54) is 0 Å². The summed E-state index contributed by atoms with van der Waals surface area (Å²) < 4.78 is 34.2. The lowest BCUT2D eigenvalue weighted by Crippen LogP contribution is -2.17. The fourth-order valence-corrected chi connectivity index (χ4v) is 3.85. The van der Waals surface area contributed by atoms with Crippen LogP contribution in [0.5, 0.6) is 0 Å². The zero-order chi connectivity index (χ0) is 16.9. The predicted molar refractivity (Wildman–Crippen MR) is 94.1 cm³/mol. The first-order chi connectivity index (χ1) is 11.0. The van der Waals surface area contributed by atoms with E-state index in [1.54, 1.807) is 36.4 Å². The molecule has 0 aliphatic carbocycles. The SMILES string of the molecule is C=CCc1ccccc1C(c1ccccc1CC=C)S(=O)(=O)O. The highest BCUT2D eigenvalue weighted by Gasteiger charge is 2.30. The van der Waals surface area contributed by atoms with E-state index in [2.05, 4.69) is 13.2 Å². The van der Waals surface area contributed by atoms with Gasteiger partial charge in [-0.2, -0.15) is 8.42 Å². The van der Waals surface area contributed by atoms with E-state index in [0.717, 1.165) is 11.1 Å². The first-order valence-corrected chi connectivity index (χ1v) is 8.83. The van der Waals surface area contributed by atoms with Crippen LogP contribution in [0.25, 0.3) is 0 Å². The van der Waals surface area contributed by atoms with Crippen molar-refractivity contribution in [1.82, 2.24) is 0 Å². The first kappa shape index (κ1) is 17.2. The molecule has 0 atom stereocenters. The third-order valence-electron chi connectivity index (χ3n) is 3.70. The fourth-order valence-electron chi connectivity index (χ4n) is 2.75. The van der Waals surface area contributed by atoms with Crippen LogP contribution < -0.4 is 0 Å². The summed E-state index contributed by atoms with van der Waals surface area (Å²) in [5.74, 6) is 0. The highest BCUT2D eigenvalue weighted by atomic mass is 32.2. The van der Waals surface area contributed by atoms with Crippen molar-refractivity contribution >= 4 is 10.1 Å². The number of benzene rings is 2. The van der Waals surface area contributed by atoms with Gasteiger partial charge in [-0.05, 0) is 35.1 Å². The first-order valence-electron chi connectivity index (χ1n) is 7.32. The van der Waals surface area contributed by atoms with Crippen LogP contribution in [0.3, 0.4) is 0 Å². The van der Waals surface area contributed by atoms with Crippen LogP contribution in [-0.4, -0.2) is 13.0 Å². The summed E-state index contributed by atoms with van der Waals surface area (Å²) in [7, 11) is -4.32. The third kappa shape index (κ3) is 3.97. The van der Waals surface area contributed by atoms with Gasteiger partial charge >= 0.3 is 0 Å². The molecule has 2 aromatic rings. The largest absolute Gasteiger partial charge is 0.285 e. The summed E-state index contributed by atoms with van der Waals surface area (Å²) in [6.07, 6.45) is 4.50. The van der Waals surface area contributed by atoms with E-state index in [4.69, 9.17) is 0 Å². The maximum atomic E-state index is 12.1. The van der Waals surface area contributed by atoms with Gasteiger partial charge < -0.3 is 0 Å². The van der Waals surface area contributed by atoms with Gasteiger partial charge in [0, 0.05) is 0 Å². The molecule has 0 amide bonds. The minimum atomic E-state index is -4.32. The second-order valence-corrected chi connectivity index (χ2v) is 6.78. The molecule has 0 heterocycles. The Morgan fingerprint density at radius 2 is 1.26 bits per heavy atom. The fraction of sp³-hybridized carbons (Fsp3) is 0.158. The van der Waals surface area contributed by atoms with Crippen molar-refractivity contribution in [2.24, 2.45) is 0 Å². The zero-order valence-electron chi connectivity index (χ0n) is 12.9. The molecular weight excluding hydrogens is 308 g/mol. The van der Waals surface area contributed by atoms with Crippen LogP contribution in [0.15, 0.2) is 73.8 Å². The number of hydrogen-bond acceptors (Lipinski definition) is 2. The van der Waals surface area contributed by atoms with Crippen molar-refractivity contribution in [2.75, 3.05) is 0 Å². The summed E-state index contributed by atoms with van der Waals surface area (Å²) in [6, 6.07) is 14.4. The molecule has 4 heteroatoms. The van der Waals surface area contributed by atoms with Crippen molar-refractivity contribution < 1.29 is 13.0 Å². The Labute approximate surface area is 137 Å². The molecule has 0 radical (unpaired) electrons. The molecule has 2 aromatic carbocycles. The molecule has 0 spiro atoms. The van der Waals surface area contributed by atoms with E-state index in [9.17, 15) is 13.0 Å². The lowest BCUT2D eigenvalue weighted by molar-refractivity contribution is 0.474. The standard InChI is InChI=1S/C19H20O3S/c1-3-9-15-11-5-7-13-17(15)19(23(20,21)22)18-14-8-6-12-16(18)10-4-2/h3-8,11-14,19H,1-2,9-10H2,(H,20,21,22). The van der Waals surface area contributed by atoms with Crippen LogP contribution in [-0.2, 0) is 23.0 Å². The normalized spacial score (nSPS) is 11.4. The Morgan fingerprint density at radius 3 is 1.61 bits per heavy atom. The Bertz CT molecular complexity index is 753. The lowest BCUT2D eigenvalue weighted by atomic mass is 9.93. The Morgan fingerprint density at radius 1 is 0.870 bits per heavy atom. The Kier molecular flexibility index (Phi) is 5.53. The van der Waals surface area contributed by atoms with E-state index < -0.39 is 15.4 Å². The maximum Gasteiger partial charge on any atom is 0.276 e. The lowest BCUT2D eigenvalue weighted by Gasteiger charge is -2.20. The molecule has 2 rings (SSSR count). The molecule has 0 aromatic heterocycles. The molecule has 0 saturated carbocycles. The van der Waals surface area contributed by atoms with Crippen LogP contribution in [0.4, 0.5) is 0 Å². The summed E-state index contributed by atoms with van der Waals surface area (Å²) in [6.45, 7) is 7.43. The van der Waals surface area contributed by atoms with Gasteiger partial charge in [0.1, 0.15) is 5.25 Å². The van der Waals surface area contributed by atoms with E-state index >= 15 is 0 Å². The van der Waals surface area contributed by atoms with Crippen molar-refractivity contribution in [3.63, 3.8) is 0 Å². The van der Waals surface area contributed by atoms with Gasteiger partial charge in [-0.3, -0.25) is 4.55 Å². The van der Waals surface area contributed by atoms with Crippen LogP contribution in [0, 0.1) is 0 Å². The summed E-state index contributed by atoms with van der Waals surface area (Å²) >= 11 is 0. The monoisotopic (exact) mass is 328 g/mol. The molecule has 0 bridgehead atoms. The predicted octanol–water partition coefficient (Wildman–Crippen LogP) is 4.12. The van der Waals surface area contributed by atoms with Crippen LogP contribution in [0.1, 0.15) is 27.5 Å². The van der Waals surface area contributed by atoms with Crippen LogP contribution in [0.2, 0.25) is 0 Å². The minimum Gasteiger partial charge on any atom is -0.285 e. The van der Waals surface area contributed by atoms with Crippen molar-refractivity contribution in [3.8, 4) is 0 Å². The van der Waals surface area contributed by atoms with Crippen molar-refractivity contribution in [1.29, 1.82) is 0 Å². The zero-order valence-corrected chi connectivity index (χ0v) is 13.7. The molecule has 1 N–H and O–H groups in total. The molecular formula is C19H20O3S. The second kappa shape index (κ2) is 7.40. The molecule has 0 aliphatic heterocycles. The smallest absolute Gasteiger partial charge is 0.276 e. The minimum absolute atomic E-state index is 0.534. The molecule has 0 unspecified atom stereocenters. The van der Waals surface area contributed by atoms with Gasteiger partial charge in [0.05, 0.1) is 0 Å². The van der Waals surface area contributed by atoms with Gasteiger partial charge in [0.2, 0.25) is 0 Å². The quantitative estimate of drug-likeness (QED) is 0.614. The molecule has 23 heavy (non-hydrogen) atoms. The number of rotatable bonds is 7. The number of hydrogen-bond donors (Lipinski definition) is 1. The third-order valence-corrected chi connectivity index (χ3v) is 4.81. The van der Waals surface area contributed by atoms with E-state index in [-0.39, 0.29) is 0 Å². The van der Waals surface area contributed by atoms with Crippen molar-refractivity contribution in [3.05, 3.63) is 96.1 Å². The van der Waals surface area contributed by atoms with Crippen LogP contribution >= 0.6 is 0 Å². The molecule has 3 nitrogen and oxygen atoms in total. The van der Waals surface area contributed by atoms with E-state index in [0.29, 0.717) is 24.0 Å².